The zero-order valence-corrected chi connectivity index (χ0v) is 11.4. The number of carbonyl (C=O) groups is 1. The van der Waals surface area contributed by atoms with Crippen LogP contribution >= 0.6 is 15.9 Å². The third-order valence-corrected chi connectivity index (χ3v) is 3.10. The van der Waals surface area contributed by atoms with Gasteiger partial charge in [-0.1, -0.05) is 28.1 Å². The fraction of sp³-hybridized carbons (Fsp3) is 0.0714. The SMILES string of the molecule is O=C(O)c1cccc(NCc2ccc(Br)cc2F)c1. The maximum absolute atomic E-state index is 13.6. The summed E-state index contributed by atoms with van der Waals surface area (Å²) < 4.78 is 14.3. The van der Waals surface area contributed by atoms with Crippen LogP contribution < -0.4 is 5.32 Å². The third kappa shape index (κ3) is 3.54. The van der Waals surface area contributed by atoms with Crippen LogP contribution in [0, 0.1) is 5.82 Å². The van der Waals surface area contributed by atoms with Crippen molar-refractivity contribution in [2.45, 2.75) is 6.54 Å². The maximum Gasteiger partial charge on any atom is 0.335 e. The molecule has 0 aliphatic rings. The third-order valence-electron chi connectivity index (χ3n) is 2.61. The van der Waals surface area contributed by atoms with Gasteiger partial charge in [0.05, 0.1) is 5.56 Å². The van der Waals surface area contributed by atoms with Crippen molar-refractivity contribution in [3.63, 3.8) is 0 Å². The average molecular weight is 324 g/mol. The van der Waals surface area contributed by atoms with Crippen molar-refractivity contribution in [1.29, 1.82) is 0 Å². The summed E-state index contributed by atoms with van der Waals surface area (Å²) in [6.07, 6.45) is 0. The Morgan fingerprint density at radius 1 is 1.26 bits per heavy atom. The van der Waals surface area contributed by atoms with E-state index in [0.717, 1.165) is 0 Å². The van der Waals surface area contributed by atoms with Crippen LogP contribution in [0.4, 0.5) is 10.1 Å². The van der Waals surface area contributed by atoms with Gasteiger partial charge in [0.25, 0.3) is 0 Å². The van der Waals surface area contributed by atoms with Gasteiger partial charge in [0.1, 0.15) is 5.82 Å². The minimum atomic E-state index is -0.988. The summed E-state index contributed by atoms with van der Waals surface area (Å²) in [5.74, 6) is -1.30. The number of carboxylic acids is 1. The van der Waals surface area contributed by atoms with Crippen molar-refractivity contribution in [1.82, 2.24) is 0 Å². The normalized spacial score (nSPS) is 10.2. The molecule has 0 aromatic heterocycles. The zero-order valence-electron chi connectivity index (χ0n) is 9.86. The number of rotatable bonds is 4. The second kappa shape index (κ2) is 5.84. The van der Waals surface area contributed by atoms with Gasteiger partial charge in [-0.3, -0.25) is 0 Å². The van der Waals surface area contributed by atoms with E-state index in [2.05, 4.69) is 21.2 Å². The fourth-order valence-electron chi connectivity index (χ4n) is 1.62. The van der Waals surface area contributed by atoms with Crippen molar-refractivity contribution in [2.24, 2.45) is 0 Å². The molecule has 19 heavy (non-hydrogen) atoms. The number of hydrogen-bond acceptors (Lipinski definition) is 2. The van der Waals surface area contributed by atoms with Crippen LogP contribution in [0.5, 0.6) is 0 Å². The summed E-state index contributed by atoms with van der Waals surface area (Å²) >= 11 is 3.19. The lowest BCUT2D eigenvalue weighted by atomic mass is 10.2. The molecule has 0 saturated carbocycles. The number of carboxylic acid groups (broad SMARTS) is 1. The maximum atomic E-state index is 13.6. The number of aromatic carboxylic acids is 1. The Morgan fingerprint density at radius 3 is 2.74 bits per heavy atom. The van der Waals surface area contributed by atoms with Gasteiger partial charge >= 0.3 is 5.97 Å². The first kappa shape index (κ1) is 13.5. The molecule has 3 nitrogen and oxygen atoms in total. The Hall–Kier alpha value is -1.88. The Morgan fingerprint density at radius 2 is 2.05 bits per heavy atom. The van der Waals surface area contributed by atoms with Gasteiger partial charge < -0.3 is 10.4 Å². The van der Waals surface area contributed by atoms with E-state index in [1.165, 1.54) is 18.2 Å². The first-order valence-electron chi connectivity index (χ1n) is 5.57. The van der Waals surface area contributed by atoms with Gasteiger partial charge in [-0.15, -0.1) is 0 Å². The van der Waals surface area contributed by atoms with Crippen LogP contribution in [-0.2, 0) is 6.54 Å². The Kier molecular flexibility index (Phi) is 4.16. The molecule has 0 radical (unpaired) electrons. The minimum absolute atomic E-state index is 0.196. The van der Waals surface area contributed by atoms with Gasteiger partial charge in [0.2, 0.25) is 0 Å². The van der Waals surface area contributed by atoms with Crippen LogP contribution in [0.3, 0.4) is 0 Å². The van der Waals surface area contributed by atoms with E-state index in [9.17, 15) is 9.18 Å². The summed E-state index contributed by atoms with van der Waals surface area (Å²) in [5, 5.41) is 11.9. The lowest BCUT2D eigenvalue weighted by Gasteiger charge is -2.08. The lowest BCUT2D eigenvalue weighted by Crippen LogP contribution is -2.03. The Bertz CT molecular complexity index is 616. The highest BCUT2D eigenvalue weighted by atomic mass is 79.9. The second-order valence-corrected chi connectivity index (χ2v) is 4.89. The number of halogens is 2. The van der Waals surface area contributed by atoms with Crippen molar-refractivity contribution < 1.29 is 14.3 Å². The Labute approximate surface area is 118 Å². The van der Waals surface area contributed by atoms with E-state index >= 15 is 0 Å². The molecule has 2 aromatic rings. The minimum Gasteiger partial charge on any atom is -0.478 e. The fourth-order valence-corrected chi connectivity index (χ4v) is 1.96. The van der Waals surface area contributed by atoms with Crippen LogP contribution in [-0.4, -0.2) is 11.1 Å². The number of benzene rings is 2. The van der Waals surface area contributed by atoms with Crippen molar-refractivity contribution in [3.8, 4) is 0 Å². The van der Waals surface area contributed by atoms with Crippen LogP contribution in [0.25, 0.3) is 0 Å². The van der Waals surface area contributed by atoms with Crippen LogP contribution in [0.15, 0.2) is 46.9 Å². The standard InChI is InChI=1S/C14H11BrFNO2/c15-11-5-4-10(13(16)7-11)8-17-12-3-1-2-9(6-12)14(18)19/h1-7,17H,8H2,(H,18,19). The summed E-state index contributed by atoms with van der Waals surface area (Å²) in [6.45, 7) is 0.294. The summed E-state index contributed by atoms with van der Waals surface area (Å²) in [4.78, 5) is 10.8. The molecule has 0 bridgehead atoms. The van der Waals surface area contributed by atoms with Crippen LogP contribution in [0.2, 0.25) is 0 Å². The van der Waals surface area contributed by atoms with E-state index in [1.54, 1.807) is 24.3 Å². The molecule has 5 heteroatoms. The van der Waals surface area contributed by atoms with E-state index in [0.29, 0.717) is 22.3 Å². The van der Waals surface area contributed by atoms with Gasteiger partial charge in [0, 0.05) is 22.3 Å². The highest BCUT2D eigenvalue weighted by Crippen LogP contribution is 2.17. The Balaban J connectivity index is 2.10. The monoisotopic (exact) mass is 323 g/mol. The molecule has 0 saturated heterocycles. The smallest absolute Gasteiger partial charge is 0.335 e. The van der Waals surface area contributed by atoms with Crippen molar-refractivity contribution >= 4 is 27.6 Å². The number of nitrogens with one attached hydrogen (secondary N) is 1. The first-order valence-corrected chi connectivity index (χ1v) is 6.37. The van der Waals surface area contributed by atoms with E-state index in [-0.39, 0.29) is 11.4 Å². The van der Waals surface area contributed by atoms with E-state index in [4.69, 9.17) is 5.11 Å². The molecule has 98 valence electrons. The molecule has 0 heterocycles. The van der Waals surface area contributed by atoms with Crippen molar-refractivity contribution in [3.05, 3.63) is 63.9 Å². The van der Waals surface area contributed by atoms with Gasteiger partial charge in [-0.2, -0.15) is 0 Å². The molecule has 0 unspecified atom stereocenters. The van der Waals surface area contributed by atoms with Crippen LogP contribution in [0.1, 0.15) is 15.9 Å². The molecule has 2 rings (SSSR count). The van der Waals surface area contributed by atoms with E-state index < -0.39 is 5.97 Å². The molecule has 0 aliphatic carbocycles. The molecule has 0 spiro atoms. The predicted molar refractivity (Wildman–Crippen MR) is 74.8 cm³/mol. The molecule has 0 aliphatic heterocycles. The number of anilines is 1. The second-order valence-electron chi connectivity index (χ2n) is 3.98. The highest BCUT2D eigenvalue weighted by Gasteiger charge is 2.05. The molecular weight excluding hydrogens is 313 g/mol. The summed E-state index contributed by atoms with van der Waals surface area (Å²) in [5.41, 5.74) is 1.35. The average Bonchev–Trinajstić information content (AvgIpc) is 2.38. The van der Waals surface area contributed by atoms with Gasteiger partial charge in [0.15, 0.2) is 0 Å². The van der Waals surface area contributed by atoms with Gasteiger partial charge in [-0.05, 0) is 30.3 Å². The summed E-state index contributed by atoms with van der Waals surface area (Å²) in [7, 11) is 0. The lowest BCUT2D eigenvalue weighted by molar-refractivity contribution is 0.0697. The predicted octanol–water partition coefficient (Wildman–Crippen LogP) is 3.90. The first-order chi connectivity index (χ1) is 9.06. The van der Waals surface area contributed by atoms with E-state index in [1.807, 2.05) is 0 Å². The van der Waals surface area contributed by atoms with Crippen molar-refractivity contribution in [2.75, 3.05) is 5.32 Å². The molecule has 0 atom stereocenters. The van der Waals surface area contributed by atoms with Gasteiger partial charge in [-0.25, -0.2) is 9.18 Å². The largest absolute Gasteiger partial charge is 0.478 e. The number of hydrogen-bond donors (Lipinski definition) is 2. The topological polar surface area (TPSA) is 49.3 Å². The molecule has 0 amide bonds. The quantitative estimate of drug-likeness (QED) is 0.897. The molecule has 0 fully saturated rings. The molecule has 2 N–H and O–H groups in total. The summed E-state index contributed by atoms with van der Waals surface area (Å²) in [6, 6.07) is 11.2. The zero-order chi connectivity index (χ0) is 13.8. The molecular formula is C14H11BrFNO2. The highest BCUT2D eigenvalue weighted by molar-refractivity contribution is 9.10. The molecule has 2 aromatic carbocycles.